The van der Waals surface area contributed by atoms with E-state index in [4.69, 9.17) is 10.5 Å². The van der Waals surface area contributed by atoms with E-state index in [0.717, 1.165) is 44.5 Å². The van der Waals surface area contributed by atoms with Crippen LogP contribution >= 0.6 is 24.2 Å². The first kappa shape index (κ1) is 30.4. The Morgan fingerprint density at radius 2 is 1.51 bits per heavy atom. The van der Waals surface area contributed by atoms with Gasteiger partial charge in [0.2, 0.25) is 11.5 Å². The smallest absolute Gasteiger partial charge is 0.248 e. The molecule has 43 heavy (non-hydrogen) atoms. The third-order valence-electron chi connectivity index (χ3n) is 7.83. The number of aryl methyl sites for hydroxylation is 1. The lowest BCUT2D eigenvalue weighted by molar-refractivity contribution is -0.122. The molecule has 8 heteroatoms. The van der Waals surface area contributed by atoms with Crippen molar-refractivity contribution in [3.8, 4) is 5.75 Å². The van der Waals surface area contributed by atoms with Crippen LogP contribution in [-0.4, -0.2) is 35.3 Å². The number of nitrogens with one attached hydrogen (secondary N) is 2. The van der Waals surface area contributed by atoms with Gasteiger partial charge in [-0.25, -0.2) is 0 Å². The first-order valence-corrected chi connectivity index (χ1v) is 15.1. The third-order valence-corrected chi connectivity index (χ3v) is 9.50. The number of rotatable bonds is 9. The lowest BCUT2D eigenvalue weighted by atomic mass is 9.84. The van der Waals surface area contributed by atoms with Crippen molar-refractivity contribution in [3.63, 3.8) is 0 Å². The summed E-state index contributed by atoms with van der Waals surface area (Å²) in [5.74, 6) is 0.966. The van der Waals surface area contributed by atoms with E-state index in [0.29, 0.717) is 18.7 Å². The van der Waals surface area contributed by atoms with Crippen LogP contribution in [0.15, 0.2) is 114 Å². The molecule has 2 atom stereocenters. The molecular formula is C35H34ClN3O3S. The van der Waals surface area contributed by atoms with Gasteiger partial charge in [-0.15, -0.1) is 24.2 Å². The molecule has 5 aromatic rings. The number of benzene rings is 4. The van der Waals surface area contributed by atoms with Crippen LogP contribution in [0.1, 0.15) is 27.8 Å². The van der Waals surface area contributed by atoms with Gasteiger partial charge < -0.3 is 20.8 Å². The summed E-state index contributed by atoms with van der Waals surface area (Å²) in [6, 6.07) is 35.8. The summed E-state index contributed by atoms with van der Waals surface area (Å²) in [6.07, 6.45) is 0.465. The minimum Gasteiger partial charge on any atom is -0.487 e. The number of amides is 1. The molecule has 4 aromatic carbocycles. The Bertz CT molecular complexity index is 1670. The first-order chi connectivity index (χ1) is 20.5. The van der Waals surface area contributed by atoms with Crippen molar-refractivity contribution >= 4 is 41.0 Å². The second-order valence-corrected chi connectivity index (χ2v) is 11.9. The molecule has 0 bridgehead atoms. The van der Waals surface area contributed by atoms with Gasteiger partial charge in [0.15, 0.2) is 0 Å². The molecule has 1 aliphatic heterocycles. The summed E-state index contributed by atoms with van der Waals surface area (Å²) in [5, 5.41) is 3.91. The number of thioether (sulfide) groups is 1. The molecule has 0 saturated carbocycles. The van der Waals surface area contributed by atoms with Gasteiger partial charge in [0.25, 0.3) is 0 Å². The highest BCUT2D eigenvalue weighted by molar-refractivity contribution is 8.00. The number of ether oxygens (including phenoxy) is 1. The van der Waals surface area contributed by atoms with Crippen LogP contribution in [0.3, 0.4) is 0 Å². The predicted molar refractivity (Wildman–Crippen MR) is 177 cm³/mol. The molecule has 1 amide bonds. The molecule has 6 rings (SSSR count). The summed E-state index contributed by atoms with van der Waals surface area (Å²) in [6.45, 7) is 2.32. The maximum Gasteiger partial charge on any atom is 0.248 e. The molecule has 2 unspecified atom stereocenters. The van der Waals surface area contributed by atoms with Gasteiger partial charge >= 0.3 is 0 Å². The van der Waals surface area contributed by atoms with Crippen molar-refractivity contribution in [1.29, 1.82) is 0 Å². The second kappa shape index (κ2) is 13.1. The SMILES string of the molecule is Cc1cc2c(c3ccc(=O)[nH]c13)OC(CNC(=O)C(N)CSC(c1ccccc1)(c1ccccc1)c1ccccc1)C2.Cl. The van der Waals surface area contributed by atoms with Gasteiger partial charge in [-0.2, -0.15) is 0 Å². The Labute approximate surface area is 261 Å². The Hall–Kier alpha value is -4.04. The number of aromatic nitrogens is 1. The van der Waals surface area contributed by atoms with E-state index >= 15 is 0 Å². The third kappa shape index (κ3) is 6.07. The van der Waals surface area contributed by atoms with Crippen LogP contribution in [0.4, 0.5) is 0 Å². The summed E-state index contributed by atoms with van der Waals surface area (Å²) in [4.78, 5) is 28.0. The molecule has 2 heterocycles. The molecule has 4 N–H and O–H groups in total. The summed E-state index contributed by atoms with van der Waals surface area (Å²) < 4.78 is 5.71. The zero-order valence-electron chi connectivity index (χ0n) is 23.8. The van der Waals surface area contributed by atoms with Crippen molar-refractivity contribution in [3.05, 3.63) is 147 Å². The topological polar surface area (TPSA) is 97.2 Å². The molecule has 1 aromatic heterocycles. The molecule has 0 saturated heterocycles. The van der Waals surface area contributed by atoms with E-state index in [-0.39, 0.29) is 30.0 Å². The van der Waals surface area contributed by atoms with Crippen LogP contribution in [0, 0.1) is 6.92 Å². The van der Waals surface area contributed by atoms with E-state index in [1.165, 1.54) is 6.07 Å². The largest absolute Gasteiger partial charge is 0.487 e. The highest BCUT2D eigenvalue weighted by Crippen LogP contribution is 2.48. The van der Waals surface area contributed by atoms with Crippen molar-refractivity contribution in [2.45, 2.75) is 30.2 Å². The molecule has 6 nitrogen and oxygen atoms in total. The van der Waals surface area contributed by atoms with E-state index < -0.39 is 10.8 Å². The average molecular weight is 612 g/mol. The van der Waals surface area contributed by atoms with Crippen LogP contribution in [0.25, 0.3) is 10.9 Å². The number of carbonyl (C=O) groups is 1. The number of hydrogen-bond donors (Lipinski definition) is 3. The summed E-state index contributed by atoms with van der Waals surface area (Å²) >= 11 is 1.67. The number of pyridine rings is 1. The lowest BCUT2D eigenvalue weighted by Crippen LogP contribution is -2.46. The number of aromatic amines is 1. The fourth-order valence-electron chi connectivity index (χ4n) is 5.81. The Morgan fingerprint density at radius 1 is 0.953 bits per heavy atom. The number of nitrogens with two attached hydrogens (primary N) is 1. The number of halogens is 1. The van der Waals surface area contributed by atoms with Gasteiger partial charge in [-0.05, 0) is 40.8 Å². The zero-order valence-corrected chi connectivity index (χ0v) is 25.4. The van der Waals surface area contributed by atoms with Crippen molar-refractivity contribution in [2.24, 2.45) is 5.73 Å². The quantitative estimate of drug-likeness (QED) is 0.185. The van der Waals surface area contributed by atoms with E-state index in [1.807, 2.05) is 67.6 Å². The normalized spacial score (nSPS) is 14.8. The van der Waals surface area contributed by atoms with E-state index in [9.17, 15) is 9.59 Å². The monoisotopic (exact) mass is 611 g/mol. The van der Waals surface area contributed by atoms with Crippen molar-refractivity contribution in [2.75, 3.05) is 12.3 Å². The molecule has 220 valence electrons. The Kier molecular flexibility index (Phi) is 9.25. The van der Waals surface area contributed by atoms with Crippen LogP contribution in [0.2, 0.25) is 0 Å². The first-order valence-electron chi connectivity index (χ1n) is 14.1. The number of carbonyl (C=O) groups excluding carboxylic acids is 1. The van der Waals surface area contributed by atoms with Gasteiger partial charge in [0.1, 0.15) is 11.9 Å². The fourth-order valence-corrected chi connectivity index (χ4v) is 7.30. The molecule has 0 radical (unpaired) electrons. The van der Waals surface area contributed by atoms with E-state index in [1.54, 1.807) is 17.8 Å². The van der Waals surface area contributed by atoms with Gasteiger partial charge in [-0.1, -0.05) is 97.1 Å². The minimum absolute atomic E-state index is 0. The van der Waals surface area contributed by atoms with Gasteiger partial charge in [-0.3, -0.25) is 9.59 Å². The minimum atomic E-state index is -0.720. The van der Waals surface area contributed by atoms with Crippen LogP contribution in [0.5, 0.6) is 5.75 Å². The van der Waals surface area contributed by atoms with E-state index in [2.05, 4.69) is 46.7 Å². The molecule has 0 spiro atoms. The number of H-pyrrole nitrogens is 1. The maximum absolute atomic E-state index is 13.3. The van der Waals surface area contributed by atoms with Gasteiger partial charge in [0.05, 0.1) is 22.9 Å². The lowest BCUT2D eigenvalue weighted by Gasteiger charge is -2.36. The second-order valence-electron chi connectivity index (χ2n) is 10.7. The molecule has 0 aliphatic carbocycles. The molecular weight excluding hydrogens is 578 g/mol. The van der Waals surface area contributed by atoms with Crippen molar-refractivity contribution in [1.82, 2.24) is 10.3 Å². The molecule has 0 fully saturated rings. The van der Waals surface area contributed by atoms with Crippen molar-refractivity contribution < 1.29 is 9.53 Å². The maximum atomic E-state index is 13.3. The number of fused-ring (bicyclic) bond motifs is 3. The Morgan fingerprint density at radius 3 is 2.07 bits per heavy atom. The zero-order chi connectivity index (χ0) is 29.1. The highest BCUT2D eigenvalue weighted by atomic mass is 35.5. The highest BCUT2D eigenvalue weighted by Gasteiger charge is 2.38. The van der Waals surface area contributed by atoms with Crippen LogP contribution < -0.4 is 21.3 Å². The standard InChI is InChI=1S/C35H33N3O3S.ClH/c1-23-19-24-20-28(41-33(24)29-17-18-31(39)38-32(23)29)21-37-34(40)30(36)22-42-35(25-11-5-2-6-12-25,26-13-7-3-8-14-26)27-15-9-4-10-16-27;/h2-19,28,30H,20-22,36H2,1H3,(H,37,40)(H,38,39);1H. The Balaban J connectivity index is 0.00000368. The fraction of sp³-hybridized carbons (Fsp3) is 0.200. The summed E-state index contributed by atoms with van der Waals surface area (Å²) in [7, 11) is 0. The summed E-state index contributed by atoms with van der Waals surface area (Å²) in [5.41, 5.74) is 12.6. The van der Waals surface area contributed by atoms with Gasteiger partial charge in [0, 0.05) is 23.6 Å². The predicted octanol–water partition coefficient (Wildman–Crippen LogP) is 5.73. The average Bonchev–Trinajstić information content (AvgIpc) is 3.44. The van der Waals surface area contributed by atoms with Crippen LogP contribution in [-0.2, 0) is 16.0 Å². The molecule has 1 aliphatic rings. The number of hydrogen-bond acceptors (Lipinski definition) is 5.